The molecule has 1 rings (SSSR count). The van der Waals surface area contributed by atoms with Crippen LogP contribution in [0.1, 0.15) is 23.0 Å². The Bertz CT molecular complexity index is 404. The average molecular weight is 244 g/mol. The second-order valence-electron chi connectivity index (χ2n) is 2.79. The minimum Gasteiger partial charge on any atom is -0.462 e. The molecule has 0 fully saturated rings. The second kappa shape index (κ2) is 5.42. The van der Waals surface area contributed by atoms with Gasteiger partial charge in [0.1, 0.15) is 10.6 Å². The molecule has 0 saturated heterocycles. The Morgan fingerprint density at radius 3 is 2.81 bits per heavy atom. The highest BCUT2D eigenvalue weighted by Gasteiger charge is 2.20. The number of urea groups is 1. The van der Waals surface area contributed by atoms with E-state index in [1.807, 2.05) is 5.43 Å². The molecule has 0 aliphatic rings. The molecule has 0 aromatic carbocycles. The van der Waals surface area contributed by atoms with Crippen LogP contribution < -0.4 is 16.6 Å². The molecule has 0 atom stereocenters. The first-order chi connectivity index (χ1) is 7.60. The summed E-state index contributed by atoms with van der Waals surface area (Å²) in [5.41, 5.74) is 2.67. The lowest BCUT2D eigenvalue weighted by Gasteiger charge is -2.04. The summed E-state index contributed by atoms with van der Waals surface area (Å²) < 4.78 is 8.81. The number of anilines is 1. The van der Waals surface area contributed by atoms with E-state index in [9.17, 15) is 9.59 Å². The molecule has 1 heterocycles. The number of nitrogens with one attached hydrogen (secondary N) is 2. The number of esters is 1. The summed E-state index contributed by atoms with van der Waals surface area (Å²) in [5, 5.41) is 2.72. The SMILES string of the molecule is CCOC(=O)c1c(C)nsc1NC(=O)NN. The fourth-order valence-electron chi connectivity index (χ4n) is 1.04. The first-order valence-corrected chi connectivity index (χ1v) is 5.28. The number of carbonyl (C=O) groups excluding carboxylic acids is 2. The van der Waals surface area contributed by atoms with Gasteiger partial charge in [-0.3, -0.25) is 10.7 Å². The summed E-state index contributed by atoms with van der Waals surface area (Å²) in [6, 6.07) is -0.616. The molecule has 0 unspecified atom stereocenters. The molecule has 0 spiro atoms. The highest BCUT2D eigenvalue weighted by molar-refractivity contribution is 7.11. The van der Waals surface area contributed by atoms with E-state index in [-0.39, 0.29) is 12.2 Å². The zero-order valence-electron chi connectivity index (χ0n) is 8.86. The van der Waals surface area contributed by atoms with Gasteiger partial charge in [0.05, 0.1) is 12.3 Å². The van der Waals surface area contributed by atoms with Crippen LogP contribution in [0.4, 0.5) is 9.80 Å². The average Bonchev–Trinajstić information content (AvgIpc) is 2.60. The van der Waals surface area contributed by atoms with Crippen LogP contribution in [0.25, 0.3) is 0 Å². The number of nitrogens with zero attached hydrogens (tertiary/aromatic N) is 1. The molecule has 8 heteroatoms. The minimum atomic E-state index is -0.616. The van der Waals surface area contributed by atoms with Crippen LogP contribution in [0, 0.1) is 6.92 Å². The third kappa shape index (κ3) is 2.67. The lowest BCUT2D eigenvalue weighted by atomic mass is 10.2. The first-order valence-electron chi connectivity index (χ1n) is 4.51. The first kappa shape index (κ1) is 12.4. The van der Waals surface area contributed by atoms with Crippen molar-refractivity contribution in [2.45, 2.75) is 13.8 Å². The van der Waals surface area contributed by atoms with Crippen LogP contribution in [0.2, 0.25) is 0 Å². The minimum absolute atomic E-state index is 0.260. The molecular formula is C8H12N4O3S. The van der Waals surface area contributed by atoms with Gasteiger partial charge >= 0.3 is 12.0 Å². The van der Waals surface area contributed by atoms with Crippen molar-refractivity contribution in [3.05, 3.63) is 11.3 Å². The molecule has 4 N–H and O–H groups in total. The van der Waals surface area contributed by atoms with Gasteiger partial charge in [-0.25, -0.2) is 15.4 Å². The highest BCUT2D eigenvalue weighted by Crippen LogP contribution is 2.25. The van der Waals surface area contributed by atoms with Gasteiger partial charge in [-0.2, -0.15) is 4.37 Å². The molecule has 0 aliphatic carbocycles. The Balaban J connectivity index is 2.93. The predicted octanol–water partition coefficient (Wildman–Crippen LogP) is 0.623. The summed E-state index contributed by atoms with van der Waals surface area (Å²) in [6.07, 6.45) is 0. The van der Waals surface area contributed by atoms with E-state index in [0.29, 0.717) is 10.7 Å². The van der Waals surface area contributed by atoms with Crippen molar-refractivity contribution >= 4 is 28.5 Å². The predicted molar refractivity (Wildman–Crippen MR) is 59.1 cm³/mol. The number of ether oxygens (including phenoxy) is 1. The van der Waals surface area contributed by atoms with E-state index in [1.165, 1.54) is 0 Å². The van der Waals surface area contributed by atoms with E-state index < -0.39 is 12.0 Å². The third-order valence-corrected chi connectivity index (χ3v) is 2.55. The summed E-state index contributed by atoms with van der Waals surface area (Å²) in [6.45, 7) is 3.62. The maximum atomic E-state index is 11.6. The molecule has 7 nitrogen and oxygen atoms in total. The zero-order chi connectivity index (χ0) is 12.1. The van der Waals surface area contributed by atoms with Crippen molar-refractivity contribution in [1.29, 1.82) is 0 Å². The Morgan fingerprint density at radius 2 is 2.25 bits per heavy atom. The Labute approximate surface area is 96.1 Å². The maximum Gasteiger partial charge on any atom is 0.343 e. The van der Waals surface area contributed by atoms with Crippen molar-refractivity contribution < 1.29 is 14.3 Å². The van der Waals surface area contributed by atoms with Gasteiger partial charge in [0.15, 0.2) is 0 Å². The third-order valence-electron chi connectivity index (χ3n) is 1.70. The van der Waals surface area contributed by atoms with E-state index in [1.54, 1.807) is 13.8 Å². The number of aromatic nitrogens is 1. The van der Waals surface area contributed by atoms with Crippen molar-refractivity contribution in [1.82, 2.24) is 9.80 Å². The summed E-state index contributed by atoms with van der Waals surface area (Å²) in [7, 11) is 0. The summed E-state index contributed by atoms with van der Waals surface area (Å²) >= 11 is 0.996. The quantitative estimate of drug-likeness (QED) is 0.313. The molecular weight excluding hydrogens is 232 g/mol. The van der Waals surface area contributed by atoms with Crippen molar-refractivity contribution in [2.24, 2.45) is 5.84 Å². The van der Waals surface area contributed by atoms with Gasteiger partial charge in [0, 0.05) is 0 Å². The Hall–Kier alpha value is -1.67. The molecule has 0 aliphatic heterocycles. The van der Waals surface area contributed by atoms with Gasteiger partial charge < -0.3 is 4.74 Å². The van der Waals surface area contributed by atoms with E-state index >= 15 is 0 Å². The Morgan fingerprint density at radius 1 is 1.56 bits per heavy atom. The normalized spacial score (nSPS) is 9.69. The summed E-state index contributed by atoms with van der Waals surface area (Å²) in [5.74, 6) is 4.40. The zero-order valence-corrected chi connectivity index (χ0v) is 9.68. The number of hydrogen-bond acceptors (Lipinski definition) is 6. The van der Waals surface area contributed by atoms with Crippen LogP contribution in [-0.2, 0) is 4.74 Å². The van der Waals surface area contributed by atoms with E-state index in [0.717, 1.165) is 11.5 Å². The standard InChI is InChI=1S/C8H12N4O3S/c1-3-15-7(13)5-4(2)12-16-6(5)10-8(14)11-9/h3,9H2,1-2H3,(H2,10,11,14). The number of amides is 2. The Kier molecular flexibility index (Phi) is 4.20. The van der Waals surface area contributed by atoms with E-state index in [4.69, 9.17) is 10.6 Å². The largest absolute Gasteiger partial charge is 0.462 e. The van der Waals surface area contributed by atoms with Crippen LogP contribution in [-0.4, -0.2) is 23.0 Å². The number of hydrazine groups is 1. The molecule has 2 amide bonds. The molecule has 1 aromatic heterocycles. The topological polar surface area (TPSA) is 106 Å². The molecule has 0 bridgehead atoms. The van der Waals surface area contributed by atoms with Gasteiger partial charge in [-0.15, -0.1) is 0 Å². The van der Waals surface area contributed by atoms with Crippen LogP contribution in [0.15, 0.2) is 0 Å². The fraction of sp³-hybridized carbons (Fsp3) is 0.375. The number of carbonyl (C=O) groups is 2. The monoisotopic (exact) mass is 244 g/mol. The maximum absolute atomic E-state index is 11.6. The van der Waals surface area contributed by atoms with Crippen LogP contribution in [0.5, 0.6) is 0 Å². The smallest absolute Gasteiger partial charge is 0.343 e. The molecule has 1 aromatic rings. The van der Waals surface area contributed by atoms with Gasteiger partial charge in [-0.05, 0) is 25.4 Å². The fourth-order valence-corrected chi connectivity index (χ4v) is 1.82. The number of nitrogens with two attached hydrogens (primary N) is 1. The molecule has 16 heavy (non-hydrogen) atoms. The summed E-state index contributed by atoms with van der Waals surface area (Å²) in [4.78, 5) is 22.6. The van der Waals surface area contributed by atoms with Gasteiger partial charge in [0.2, 0.25) is 0 Å². The van der Waals surface area contributed by atoms with E-state index in [2.05, 4.69) is 9.69 Å². The van der Waals surface area contributed by atoms with Gasteiger partial charge in [0.25, 0.3) is 0 Å². The molecule has 0 saturated carbocycles. The van der Waals surface area contributed by atoms with Crippen molar-refractivity contribution in [3.8, 4) is 0 Å². The van der Waals surface area contributed by atoms with Crippen molar-refractivity contribution in [2.75, 3.05) is 11.9 Å². The van der Waals surface area contributed by atoms with Crippen LogP contribution >= 0.6 is 11.5 Å². The number of hydrogen-bond donors (Lipinski definition) is 3. The number of aryl methyl sites for hydroxylation is 1. The number of rotatable bonds is 3. The molecule has 0 radical (unpaired) electrons. The van der Waals surface area contributed by atoms with Crippen molar-refractivity contribution in [3.63, 3.8) is 0 Å². The lowest BCUT2D eigenvalue weighted by molar-refractivity contribution is 0.0527. The lowest BCUT2D eigenvalue weighted by Crippen LogP contribution is -2.34. The van der Waals surface area contributed by atoms with Gasteiger partial charge in [-0.1, -0.05) is 0 Å². The van der Waals surface area contributed by atoms with Crippen LogP contribution in [0.3, 0.4) is 0 Å². The second-order valence-corrected chi connectivity index (χ2v) is 3.56. The highest BCUT2D eigenvalue weighted by atomic mass is 32.1. The molecule has 88 valence electrons.